The lowest BCUT2D eigenvalue weighted by Gasteiger charge is -2.19. The second kappa shape index (κ2) is 306. The predicted octanol–water partition coefficient (Wildman–Crippen LogP) is 26.3. The summed E-state index contributed by atoms with van der Waals surface area (Å²) in [6, 6.07) is -0.580. The number of nitrogens with one attached hydrogen (secondary N) is 1. The number of hydrogen-bond acceptors (Lipinski definition) is 7. The van der Waals surface area contributed by atoms with Gasteiger partial charge in [-0.2, -0.15) is 11.8 Å². The van der Waals surface area contributed by atoms with Gasteiger partial charge in [0.15, 0.2) is 5.78 Å². The highest BCUT2D eigenvalue weighted by molar-refractivity contribution is 7.99. The summed E-state index contributed by atoms with van der Waals surface area (Å²) in [6.07, 6.45) is 0.202. The molecule has 7 nitrogen and oxygen atoms in total. The summed E-state index contributed by atoms with van der Waals surface area (Å²) in [4.78, 5) is 45.7. The van der Waals surface area contributed by atoms with Gasteiger partial charge in [-0.1, -0.05) is 310 Å². The quantitative estimate of drug-likeness (QED) is 0.195. The maximum absolute atomic E-state index is 11.6. The standard InChI is InChI=1S/C16H27NO6S.39CH4/c1-5-14(19)17-13(11(4)18)10-24-9-12(23-16(21)7-3)8-22-15(20)6-2;;;;;;;;;;;;;;;;;;;;;;;;;;;;;;;;;;;;;;;/h12-13H,5-10H2,1-4H3,(H,17,19);39*1H4/t12-,13-;;;;;;;;;;;;;;;;;;;;;;;;;;;;;;;;;;;;;;;/m0......................................./s1. The van der Waals surface area contributed by atoms with Gasteiger partial charge in [0.2, 0.25) is 5.91 Å². The number of rotatable bonds is 12. The highest BCUT2D eigenvalue weighted by Crippen LogP contribution is 2.11. The summed E-state index contributed by atoms with van der Waals surface area (Å²) < 4.78 is 10.2. The molecule has 0 aromatic carbocycles. The number of carbonyl (C=O) groups excluding carboxylic acids is 4. The first kappa shape index (κ1) is 488. The minimum absolute atomic E-state index is 0. The molecule has 0 fully saturated rings. The van der Waals surface area contributed by atoms with Gasteiger partial charge in [0, 0.05) is 30.8 Å². The van der Waals surface area contributed by atoms with Crippen LogP contribution < -0.4 is 5.32 Å². The maximum Gasteiger partial charge on any atom is 0.305 e. The number of thioether (sulfide) groups is 1. The van der Waals surface area contributed by atoms with Crippen LogP contribution in [-0.4, -0.2) is 53.9 Å². The van der Waals surface area contributed by atoms with Crippen molar-refractivity contribution in [2.24, 2.45) is 0 Å². The smallest absolute Gasteiger partial charge is 0.305 e. The van der Waals surface area contributed by atoms with E-state index in [0.717, 1.165) is 0 Å². The monoisotopic (exact) mass is 986 g/mol. The second-order valence-electron chi connectivity index (χ2n) is 5.12. The number of ether oxygens (including phenoxy) is 2. The van der Waals surface area contributed by atoms with Crippen LogP contribution >= 0.6 is 11.8 Å². The van der Waals surface area contributed by atoms with Gasteiger partial charge in [0.1, 0.15) is 12.7 Å². The van der Waals surface area contributed by atoms with Crippen molar-refractivity contribution in [1.29, 1.82) is 0 Å². The molecule has 2 atom stereocenters. The van der Waals surface area contributed by atoms with E-state index in [4.69, 9.17) is 9.47 Å². The van der Waals surface area contributed by atoms with Crippen molar-refractivity contribution in [2.45, 2.75) is 349 Å². The minimum Gasteiger partial charge on any atom is -0.462 e. The summed E-state index contributed by atoms with van der Waals surface area (Å²) in [5.74, 6) is -0.340. The lowest BCUT2D eigenvalue weighted by Crippen LogP contribution is -2.41. The van der Waals surface area contributed by atoms with Crippen LogP contribution in [0.25, 0.3) is 0 Å². The normalized spacial score (nSPS) is 4.89. The maximum atomic E-state index is 11.6. The summed E-state index contributed by atoms with van der Waals surface area (Å²) >= 11 is 1.36. The van der Waals surface area contributed by atoms with Crippen LogP contribution in [0.15, 0.2) is 0 Å². The molecule has 0 spiro atoms. The Morgan fingerprint density at radius 2 is 0.619 bits per heavy atom. The molecule has 0 rings (SSSR count). The van der Waals surface area contributed by atoms with E-state index >= 15 is 0 Å². The van der Waals surface area contributed by atoms with Crippen LogP contribution in [0.3, 0.4) is 0 Å². The molecule has 450 valence electrons. The molecule has 0 saturated carbocycles. The molecule has 0 heterocycles. The van der Waals surface area contributed by atoms with Gasteiger partial charge in [-0.15, -0.1) is 0 Å². The van der Waals surface area contributed by atoms with Crippen molar-refractivity contribution in [3.8, 4) is 0 Å². The first-order chi connectivity index (χ1) is 11.3. The number of carbonyl (C=O) groups is 4. The third-order valence-electron chi connectivity index (χ3n) is 3.04. The van der Waals surface area contributed by atoms with Crippen LogP contribution in [0.5, 0.6) is 0 Å². The van der Waals surface area contributed by atoms with E-state index in [2.05, 4.69) is 5.32 Å². The van der Waals surface area contributed by atoms with E-state index < -0.39 is 12.1 Å². The SMILES string of the molecule is C.C.C.C.C.C.C.C.C.C.C.C.C.C.C.C.C.C.C.C.C.C.C.C.C.C.C.C.C.C.C.C.C.C.C.C.C.C.C.CCC(=O)N[C@@H](CSC[C@H](COC(=O)CC)OC(=O)CC)C(C)=O. The fraction of sp³-hybridized carbons (Fsp3) is 0.927. The zero-order chi connectivity index (χ0) is 18.5. The van der Waals surface area contributed by atoms with Gasteiger partial charge in [0.05, 0.1) is 6.04 Å². The van der Waals surface area contributed by atoms with Crippen LogP contribution in [0, 0.1) is 0 Å². The molecule has 0 aromatic rings. The Bertz CT molecular complexity index is 453. The third kappa shape index (κ3) is 274. The lowest BCUT2D eigenvalue weighted by atomic mass is 10.2. The van der Waals surface area contributed by atoms with Crippen molar-refractivity contribution < 1.29 is 28.7 Å². The zero-order valence-electron chi connectivity index (χ0n) is 14.8. The van der Waals surface area contributed by atoms with Gasteiger partial charge < -0.3 is 14.8 Å². The van der Waals surface area contributed by atoms with Crippen LogP contribution in [-0.2, 0) is 28.7 Å². The molecule has 0 radical (unpaired) electrons. The molecule has 1 N–H and O–H groups in total. The van der Waals surface area contributed by atoms with Crippen molar-refractivity contribution >= 4 is 35.4 Å². The molecule has 0 aliphatic heterocycles. The third-order valence-corrected chi connectivity index (χ3v) is 4.22. The summed E-state index contributed by atoms with van der Waals surface area (Å²) in [5.41, 5.74) is 0. The number of ketones is 1. The Hall–Kier alpha value is -1.57. The average Bonchev–Trinajstić information content (AvgIpc) is 2.57. The van der Waals surface area contributed by atoms with Crippen LogP contribution in [0.1, 0.15) is 337 Å². The second-order valence-corrected chi connectivity index (χ2v) is 6.20. The molecule has 8 heteroatoms. The fourth-order valence-corrected chi connectivity index (χ4v) is 2.66. The molecular weight excluding hydrogens is 803 g/mol. The number of Topliss-reactive ketones (excluding diaryl/α,β-unsaturated/α-hetero) is 1. The van der Waals surface area contributed by atoms with Crippen molar-refractivity contribution in [3.05, 3.63) is 0 Å². The molecule has 63 heavy (non-hydrogen) atoms. The first-order valence-electron chi connectivity index (χ1n) is 8.06. The van der Waals surface area contributed by atoms with Gasteiger partial charge in [-0.25, -0.2) is 0 Å². The average molecular weight is 987 g/mol. The molecule has 0 aliphatic rings. The van der Waals surface area contributed by atoms with E-state index in [0.29, 0.717) is 17.9 Å². The largest absolute Gasteiger partial charge is 0.462 e. The van der Waals surface area contributed by atoms with E-state index in [-0.39, 0.29) is 333 Å². The topological polar surface area (TPSA) is 98.8 Å². The van der Waals surface area contributed by atoms with Gasteiger partial charge in [-0.05, 0) is 6.92 Å². The van der Waals surface area contributed by atoms with Gasteiger partial charge >= 0.3 is 11.9 Å². The summed E-state index contributed by atoms with van der Waals surface area (Å²) in [5, 5.41) is 2.65. The van der Waals surface area contributed by atoms with E-state index in [1.807, 2.05) is 0 Å². The number of hydrogen-bond donors (Lipinski definition) is 1. The highest BCUT2D eigenvalue weighted by atomic mass is 32.2. The van der Waals surface area contributed by atoms with E-state index in [1.54, 1.807) is 20.8 Å². The minimum atomic E-state index is -0.580. The van der Waals surface area contributed by atoms with Gasteiger partial charge in [-0.3, -0.25) is 19.2 Å². The van der Waals surface area contributed by atoms with Crippen molar-refractivity contribution in [1.82, 2.24) is 5.32 Å². The van der Waals surface area contributed by atoms with E-state index in [9.17, 15) is 19.2 Å². The van der Waals surface area contributed by atoms with Crippen molar-refractivity contribution in [2.75, 3.05) is 18.1 Å². The molecular formula is C55H183NO6S. The zero-order valence-corrected chi connectivity index (χ0v) is 15.6. The van der Waals surface area contributed by atoms with Crippen LogP contribution in [0.4, 0.5) is 0 Å². The van der Waals surface area contributed by atoms with E-state index in [1.165, 1.54) is 18.7 Å². The van der Waals surface area contributed by atoms with Gasteiger partial charge in [0.25, 0.3) is 0 Å². The summed E-state index contributed by atoms with van der Waals surface area (Å²) in [6.45, 7) is 6.47. The first-order valence-corrected chi connectivity index (χ1v) is 9.22. The Labute approximate surface area is 434 Å². The summed E-state index contributed by atoms with van der Waals surface area (Å²) in [7, 11) is 0. The number of amides is 1. The Morgan fingerprint density at radius 3 is 0.810 bits per heavy atom. The Balaban J connectivity index is -0.00000000357. The Kier molecular flexibility index (Phi) is 2370. The van der Waals surface area contributed by atoms with Crippen LogP contribution in [0.2, 0.25) is 0 Å². The lowest BCUT2D eigenvalue weighted by molar-refractivity contribution is -0.157. The molecule has 0 unspecified atom stereocenters. The molecule has 0 aliphatic carbocycles. The Morgan fingerprint density at radius 1 is 0.381 bits per heavy atom. The van der Waals surface area contributed by atoms with Crippen molar-refractivity contribution in [3.63, 3.8) is 0 Å². The molecule has 0 bridgehead atoms. The predicted molar refractivity (Wildman–Crippen MR) is 354 cm³/mol. The molecule has 1 amide bonds. The molecule has 0 aromatic heterocycles. The fourth-order valence-electron chi connectivity index (χ4n) is 1.55. The highest BCUT2D eigenvalue weighted by Gasteiger charge is 2.20. The number of esters is 2. The molecule has 0 saturated heterocycles.